The lowest BCUT2D eigenvalue weighted by atomic mass is 10.1. The Balaban J connectivity index is 1.79. The van der Waals surface area contributed by atoms with Gasteiger partial charge in [0.15, 0.2) is 11.8 Å². The third kappa shape index (κ3) is 6.07. The van der Waals surface area contributed by atoms with Gasteiger partial charge in [-0.05, 0) is 44.9 Å². The average molecular weight is 421 g/mol. The highest BCUT2D eigenvalue weighted by atomic mass is 16.5. The number of aryl methyl sites for hydroxylation is 2. The Labute approximate surface area is 184 Å². The molecule has 0 amide bonds. The van der Waals surface area contributed by atoms with E-state index in [1.165, 1.54) is 11.1 Å². The maximum Gasteiger partial charge on any atom is 0.192 e. The summed E-state index contributed by atoms with van der Waals surface area (Å²) in [5.41, 5.74) is 3.41. The summed E-state index contributed by atoms with van der Waals surface area (Å²) in [4.78, 5) is 4.84. The molecule has 0 saturated carbocycles. The van der Waals surface area contributed by atoms with E-state index in [9.17, 15) is 0 Å². The number of hydrogen-bond donors (Lipinski definition) is 2. The van der Waals surface area contributed by atoms with Gasteiger partial charge in [-0.2, -0.15) is 0 Å². The molecule has 0 radical (unpaired) electrons. The number of guanidine groups is 1. The predicted octanol–water partition coefficient (Wildman–Crippen LogP) is 3.83. The van der Waals surface area contributed by atoms with Crippen molar-refractivity contribution in [3.05, 3.63) is 76.9 Å². The first-order valence-electron chi connectivity index (χ1n) is 10.6. The summed E-state index contributed by atoms with van der Waals surface area (Å²) >= 11 is 0. The standard InChI is InChI=1S/C24H32N6O/c1-6-31-22-14-17(2)12-13-21(22)15-25-24(26-16-23-29-28-19(4)30(23)5)27-18(3)20-10-8-7-9-11-20/h7-14,18H,6,15-16H2,1-5H3,(H2,25,26,27). The molecule has 0 spiro atoms. The second kappa shape index (κ2) is 10.6. The number of rotatable bonds is 8. The third-order valence-electron chi connectivity index (χ3n) is 5.18. The summed E-state index contributed by atoms with van der Waals surface area (Å²) in [5.74, 6) is 3.32. The van der Waals surface area contributed by atoms with Gasteiger partial charge in [0, 0.05) is 12.6 Å². The molecule has 0 aliphatic rings. The van der Waals surface area contributed by atoms with Crippen LogP contribution in [0, 0.1) is 13.8 Å². The predicted molar refractivity (Wildman–Crippen MR) is 124 cm³/mol. The van der Waals surface area contributed by atoms with Gasteiger partial charge in [-0.25, -0.2) is 4.99 Å². The van der Waals surface area contributed by atoms with Crippen LogP contribution in [0.4, 0.5) is 0 Å². The first-order valence-corrected chi connectivity index (χ1v) is 10.6. The van der Waals surface area contributed by atoms with E-state index in [-0.39, 0.29) is 6.04 Å². The first kappa shape index (κ1) is 22.3. The number of aromatic nitrogens is 3. The molecule has 1 unspecified atom stereocenters. The molecule has 0 aliphatic heterocycles. The molecule has 1 atom stereocenters. The normalized spacial score (nSPS) is 12.5. The van der Waals surface area contributed by atoms with Gasteiger partial charge in [-0.1, -0.05) is 42.5 Å². The topological polar surface area (TPSA) is 76.4 Å². The van der Waals surface area contributed by atoms with E-state index >= 15 is 0 Å². The molecule has 0 aliphatic carbocycles. The number of benzene rings is 2. The molecule has 1 heterocycles. The minimum Gasteiger partial charge on any atom is -0.494 e. The van der Waals surface area contributed by atoms with Crippen LogP contribution in [0.1, 0.15) is 48.2 Å². The van der Waals surface area contributed by atoms with Crippen LogP contribution >= 0.6 is 0 Å². The highest BCUT2D eigenvalue weighted by Gasteiger charge is 2.11. The van der Waals surface area contributed by atoms with E-state index < -0.39 is 0 Å². The van der Waals surface area contributed by atoms with E-state index in [0.29, 0.717) is 25.7 Å². The molecule has 31 heavy (non-hydrogen) atoms. The Bertz CT molecular complexity index is 1010. The number of ether oxygens (including phenoxy) is 1. The Morgan fingerprint density at radius 3 is 2.58 bits per heavy atom. The molecule has 1 aromatic heterocycles. The number of aliphatic imine (C=N–C) groups is 1. The van der Waals surface area contributed by atoms with Crippen molar-refractivity contribution in [2.24, 2.45) is 12.0 Å². The van der Waals surface area contributed by atoms with Crippen molar-refractivity contribution in [1.29, 1.82) is 0 Å². The summed E-state index contributed by atoms with van der Waals surface area (Å²) in [6.07, 6.45) is 0. The third-order valence-corrected chi connectivity index (χ3v) is 5.18. The van der Waals surface area contributed by atoms with Gasteiger partial charge >= 0.3 is 0 Å². The van der Waals surface area contributed by atoms with Gasteiger partial charge in [0.25, 0.3) is 0 Å². The van der Waals surface area contributed by atoms with Crippen LogP contribution in [0.2, 0.25) is 0 Å². The zero-order chi connectivity index (χ0) is 22.2. The van der Waals surface area contributed by atoms with E-state index in [4.69, 9.17) is 9.73 Å². The second-order valence-corrected chi connectivity index (χ2v) is 7.56. The van der Waals surface area contributed by atoms with Crippen LogP contribution in [-0.2, 0) is 20.1 Å². The molecule has 2 aromatic carbocycles. The highest BCUT2D eigenvalue weighted by molar-refractivity contribution is 5.80. The van der Waals surface area contributed by atoms with Crippen LogP contribution in [-0.4, -0.2) is 27.3 Å². The van der Waals surface area contributed by atoms with Crippen molar-refractivity contribution in [3.63, 3.8) is 0 Å². The maximum absolute atomic E-state index is 5.82. The van der Waals surface area contributed by atoms with Gasteiger partial charge in [0.05, 0.1) is 25.7 Å². The molecule has 3 aromatic rings. The lowest BCUT2D eigenvalue weighted by molar-refractivity contribution is 0.336. The second-order valence-electron chi connectivity index (χ2n) is 7.56. The number of nitrogens with one attached hydrogen (secondary N) is 2. The van der Waals surface area contributed by atoms with Gasteiger partial charge in [0.1, 0.15) is 11.6 Å². The van der Waals surface area contributed by atoms with Crippen LogP contribution in [0.3, 0.4) is 0 Å². The Hall–Kier alpha value is -3.35. The molecule has 0 fully saturated rings. The van der Waals surface area contributed by atoms with E-state index in [2.05, 4.69) is 65.0 Å². The number of hydrogen-bond acceptors (Lipinski definition) is 4. The van der Waals surface area contributed by atoms with Crippen molar-refractivity contribution in [1.82, 2.24) is 25.4 Å². The summed E-state index contributed by atoms with van der Waals surface area (Å²) in [6.45, 7) is 9.77. The van der Waals surface area contributed by atoms with Crippen molar-refractivity contribution in [2.45, 2.75) is 46.8 Å². The SMILES string of the molecule is CCOc1cc(C)ccc1CN=C(NCc1nnc(C)n1C)NC(C)c1ccccc1. The molecule has 7 heteroatoms. The molecular weight excluding hydrogens is 388 g/mol. The smallest absolute Gasteiger partial charge is 0.192 e. The summed E-state index contributed by atoms with van der Waals surface area (Å²) < 4.78 is 7.79. The Morgan fingerprint density at radius 1 is 1.13 bits per heavy atom. The van der Waals surface area contributed by atoms with Gasteiger partial charge < -0.3 is 19.9 Å². The van der Waals surface area contributed by atoms with Crippen LogP contribution < -0.4 is 15.4 Å². The van der Waals surface area contributed by atoms with Crippen LogP contribution in [0.25, 0.3) is 0 Å². The monoisotopic (exact) mass is 420 g/mol. The Morgan fingerprint density at radius 2 is 1.90 bits per heavy atom. The fourth-order valence-corrected chi connectivity index (χ4v) is 3.20. The quantitative estimate of drug-likeness (QED) is 0.428. The number of nitrogens with zero attached hydrogens (tertiary/aromatic N) is 4. The summed E-state index contributed by atoms with van der Waals surface area (Å²) in [5, 5.41) is 15.3. The van der Waals surface area contributed by atoms with Crippen molar-refractivity contribution in [2.75, 3.05) is 6.61 Å². The molecule has 0 bridgehead atoms. The zero-order valence-corrected chi connectivity index (χ0v) is 19.0. The van der Waals surface area contributed by atoms with E-state index in [1.807, 2.05) is 43.7 Å². The van der Waals surface area contributed by atoms with Crippen molar-refractivity contribution < 1.29 is 4.74 Å². The van der Waals surface area contributed by atoms with Crippen LogP contribution in [0.15, 0.2) is 53.5 Å². The minimum absolute atomic E-state index is 0.0954. The summed E-state index contributed by atoms with van der Waals surface area (Å²) in [6, 6.07) is 16.6. The van der Waals surface area contributed by atoms with Crippen molar-refractivity contribution in [3.8, 4) is 5.75 Å². The molecular formula is C24H32N6O. The van der Waals surface area contributed by atoms with Crippen LogP contribution in [0.5, 0.6) is 5.75 Å². The molecule has 164 valence electrons. The molecule has 0 saturated heterocycles. The van der Waals surface area contributed by atoms with E-state index in [0.717, 1.165) is 23.0 Å². The average Bonchev–Trinajstić information content (AvgIpc) is 3.09. The maximum atomic E-state index is 5.82. The zero-order valence-electron chi connectivity index (χ0n) is 19.0. The van der Waals surface area contributed by atoms with Crippen molar-refractivity contribution >= 4 is 5.96 Å². The largest absolute Gasteiger partial charge is 0.494 e. The fourth-order valence-electron chi connectivity index (χ4n) is 3.20. The Kier molecular flexibility index (Phi) is 7.65. The lowest BCUT2D eigenvalue weighted by Crippen LogP contribution is -2.39. The first-order chi connectivity index (χ1) is 15.0. The fraction of sp³-hybridized carbons (Fsp3) is 0.375. The highest BCUT2D eigenvalue weighted by Crippen LogP contribution is 2.21. The molecule has 2 N–H and O–H groups in total. The van der Waals surface area contributed by atoms with Gasteiger partial charge in [-0.3, -0.25) is 0 Å². The minimum atomic E-state index is 0.0954. The lowest BCUT2D eigenvalue weighted by Gasteiger charge is -2.19. The molecule has 7 nitrogen and oxygen atoms in total. The van der Waals surface area contributed by atoms with E-state index in [1.54, 1.807) is 0 Å². The van der Waals surface area contributed by atoms with Gasteiger partial charge in [0.2, 0.25) is 0 Å². The summed E-state index contributed by atoms with van der Waals surface area (Å²) in [7, 11) is 1.96. The van der Waals surface area contributed by atoms with Gasteiger partial charge in [-0.15, -0.1) is 10.2 Å². The molecule has 3 rings (SSSR count).